The molecule has 0 aromatic heterocycles. The van der Waals surface area contributed by atoms with Crippen LogP contribution in [-0.2, 0) is 9.59 Å². The third-order valence-electron chi connectivity index (χ3n) is 5.50. The summed E-state index contributed by atoms with van der Waals surface area (Å²) < 4.78 is 0. The molecule has 3 rings (SSSR count). The fourth-order valence-corrected chi connectivity index (χ4v) is 3.64. The van der Waals surface area contributed by atoms with Gasteiger partial charge in [0.1, 0.15) is 12.1 Å². The number of amides is 4. The lowest BCUT2D eigenvalue weighted by molar-refractivity contribution is -0.135. The van der Waals surface area contributed by atoms with E-state index in [1.807, 2.05) is 56.3 Å². The number of carbonyl (C=O) groups excluding carboxylic acids is 3. The highest BCUT2D eigenvalue weighted by Gasteiger charge is 2.49. The van der Waals surface area contributed by atoms with Crippen LogP contribution >= 0.6 is 12.4 Å². The Balaban J connectivity index is 0.00000300. The first-order chi connectivity index (χ1) is 13.4. The largest absolute Gasteiger partial charge is 0.346 e. The van der Waals surface area contributed by atoms with Crippen LogP contribution in [0.1, 0.15) is 38.3 Å². The minimum Gasteiger partial charge on any atom is -0.346 e. The van der Waals surface area contributed by atoms with E-state index >= 15 is 0 Å². The summed E-state index contributed by atoms with van der Waals surface area (Å²) in [6, 6.07) is 12.9. The highest BCUT2D eigenvalue weighted by atomic mass is 35.5. The minimum atomic E-state index is -0.914. The van der Waals surface area contributed by atoms with Crippen molar-refractivity contribution in [1.82, 2.24) is 15.5 Å². The summed E-state index contributed by atoms with van der Waals surface area (Å²) in [4.78, 5) is 38.4. The average Bonchev–Trinajstić information content (AvgIpc) is 2.96. The number of hydrogen-bond acceptors (Lipinski definition) is 4. The van der Waals surface area contributed by atoms with E-state index in [1.165, 1.54) is 0 Å². The summed E-state index contributed by atoms with van der Waals surface area (Å²) >= 11 is 0. The number of nitrogens with one attached hydrogen (secondary N) is 2. The zero-order chi connectivity index (χ0) is 20.3. The Morgan fingerprint density at radius 1 is 1.14 bits per heavy atom. The maximum atomic E-state index is 12.6. The molecular formula is C21H27ClN4O3. The summed E-state index contributed by atoms with van der Waals surface area (Å²) in [6.45, 7) is 3.57. The van der Waals surface area contributed by atoms with Gasteiger partial charge in [-0.05, 0) is 35.2 Å². The molecule has 4 N–H and O–H groups in total. The van der Waals surface area contributed by atoms with Gasteiger partial charge in [-0.2, -0.15) is 0 Å². The lowest BCUT2D eigenvalue weighted by atomic mass is 9.93. The molecule has 1 fully saturated rings. The van der Waals surface area contributed by atoms with Crippen molar-refractivity contribution in [3.63, 3.8) is 0 Å². The van der Waals surface area contributed by atoms with Gasteiger partial charge >= 0.3 is 6.03 Å². The minimum absolute atomic E-state index is 0. The van der Waals surface area contributed by atoms with Crippen LogP contribution in [-0.4, -0.2) is 41.4 Å². The van der Waals surface area contributed by atoms with Gasteiger partial charge in [-0.15, -0.1) is 12.4 Å². The van der Waals surface area contributed by atoms with Crippen molar-refractivity contribution in [3.05, 3.63) is 48.0 Å². The van der Waals surface area contributed by atoms with Crippen molar-refractivity contribution < 1.29 is 14.4 Å². The second-order valence-corrected chi connectivity index (χ2v) is 7.07. The van der Waals surface area contributed by atoms with Gasteiger partial charge in [-0.3, -0.25) is 14.5 Å². The van der Waals surface area contributed by atoms with E-state index in [9.17, 15) is 14.4 Å². The Morgan fingerprint density at radius 2 is 1.79 bits per heavy atom. The number of imide groups is 1. The molecule has 0 bridgehead atoms. The molecule has 0 saturated carbocycles. The molecule has 7 nitrogen and oxygen atoms in total. The Kier molecular flexibility index (Phi) is 7.21. The summed E-state index contributed by atoms with van der Waals surface area (Å²) in [5.41, 5.74) is 5.84. The van der Waals surface area contributed by atoms with Gasteiger partial charge in [-0.25, -0.2) is 4.79 Å². The molecule has 1 saturated heterocycles. The first kappa shape index (κ1) is 22.6. The molecule has 8 heteroatoms. The summed E-state index contributed by atoms with van der Waals surface area (Å²) in [7, 11) is 0. The number of nitrogens with zero attached hydrogens (tertiary/aromatic N) is 1. The Hall–Kier alpha value is -2.64. The molecule has 156 valence electrons. The highest BCUT2D eigenvalue weighted by molar-refractivity contribution is 6.09. The van der Waals surface area contributed by atoms with Crippen LogP contribution in [0.2, 0.25) is 0 Å². The molecule has 2 aromatic carbocycles. The monoisotopic (exact) mass is 418 g/mol. The van der Waals surface area contributed by atoms with Gasteiger partial charge < -0.3 is 16.4 Å². The molecule has 1 heterocycles. The maximum Gasteiger partial charge on any atom is 0.325 e. The Labute approximate surface area is 176 Å². The Bertz CT molecular complexity index is 914. The molecule has 29 heavy (non-hydrogen) atoms. The number of carbonyl (C=O) groups is 3. The standard InChI is InChI=1S/C21H26N4O3.ClH/c1-3-21(4-2)19(27)25(20(28)24-21)13-18(26)23-17(12-22)16-10-9-14-7-5-6-8-15(14)11-16;/h5-11,17H,3-4,12-13,22H2,1-2H3,(H,23,26)(H,24,28);1H. The van der Waals surface area contributed by atoms with Gasteiger partial charge in [0.15, 0.2) is 0 Å². The summed E-state index contributed by atoms with van der Waals surface area (Å²) in [5.74, 6) is -0.775. The maximum absolute atomic E-state index is 12.6. The topological polar surface area (TPSA) is 105 Å². The van der Waals surface area contributed by atoms with Crippen molar-refractivity contribution in [3.8, 4) is 0 Å². The number of benzene rings is 2. The number of nitrogens with two attached hydrogens (primary N) is 1. The molecule has 0 spiro atoms. The predicted octanol–water partition coefficient (Wildman–Crippen LogP) is 2.49. The third kappa shape index (κ3) is 4.36. The van der Waals surface area contributed by atoms with E-state index in [-0.39, 0.29) is 31.4 Å². The van der Waals surface area contributed by atoms with Crippen LogP contribution in [0, 0.1) is 0 Å². The van der Waals surface area contributed by atoms with Crippen molar-refractivity contribution in [2.75, 3.05) is 13.1 Å². The van der Waals surface area contributed by atoms with Crippen LogP contribution in [0.5, 0.6) is 0 Å². The molecule has 0 radical (unpaired) electrons. The second-order valence-electron chi connectivity index (χ2n) is 7.07. The molecule has 2 aromatic rings. The average molecular weight is 419 g/mol. The van der Waals surface area contributed by atoms with Crippen LogP contribution in [0.25, 0.3) is 10.8 Å². The first-order valence-corrected chi connectivity index (χ1v) is 9.56. The van der Waals surface area contributed by atoms with Gasteiger partial charge in [-0.1, -0.05) is 50.2 Å². The third-order valence-corrected chi connectivity index (χ3v) is 5.50. The molecule has 1 aliphatic heterocycles. The van der Waals surface area contributed by atoms with Gasteiger partial charge in [0.05, 0.1) is 6.04 Å². The molecular weight excluding hydrogens is 392 g/mol. The number of halogens is 1. The molecule has 1 aliphatic rings. The SMILES string of the molecule is CCC1(CC)NC(=O)N(CC(=O)NC(CN)c2ccc3ccccc3c2)C1=O.Cl. The van der Waals surface area contributed by atoms with E-state index in [4.69, 9.17) is 5.73 Å². The molecule has 0 aliphatic carbocycles. The lowest BCUT2D eigenvalue weighted by Crippen LogP contribution is -2.47. The van der Waals surface area contributed by atoms with E-state index in [0.717, 1.165) is 21.2 Å². The van der Waals surface area contributed by atoms with Gasteiger partial charge in [0.25, 0.3) is 5.91 Å². The van der Waals surface area contributed by atoms with Crippen LogP contribution in [0.15, 0.2) is 42.5 Å². The summed E-state index contributed by atoms with van der Waals surface area (Å²) in [5, 5.41) is 7.72. The quantitative estimate of drug-likeness (QED) is 0.601. The van der Waals surface area contributed by atoms with Gasteiger partial charge in [0.2, 0.25) is 5.91 Å². The Morgan fingerprint density at radius 3 is 2.38 bits per heavy atom. The highest BCUT2D eigenvalue weighted by Crippen LogP contribution is 2.25. The van der Waals surface area contributed by atoms with Crippen molar-refractivity contribution in [2.24, 2.45) is 5.73 Å². The lowest BCUT2D eigenvalue weighted by Gasteiger charge is -2.23. The van der Waals surface area contributed by atoms with Gasteiger partial charge in [0, 0.05) is 6.54 Å². The fourth-order valence-electron chi connectivity index (χ4n) is 3.64. The van der Waals surface area contributed by atoms with Crippen LogP contribution in [0.4, 0.5) is 4.79 Å². The zero-order valence-corrected chi connectivity index (χ0v) is 17.4. The smallest absolute Gasteiger partial charge is 0.325 e. The molecule has 4 amide bonds. The van der Waals surface area contributed by atoms with Crippen molar-refractivity contribution in [2.45, 2.75) is 38.3 Å². The molecule has 1 unspecified atom stereocenters. The van der Waals surface area contributed by atoms with E-state index in [2.05, 4.69) is 10.6 Å². The fraction of sp³-hybridized carbons (Fsp3) is 0.381. The van der Waals surface area contributed by atoms with E-state index in [0.29, 0.717) is 12.8 Å². The van der Waals surface area contributed by atoms with Crippen LogP contribution in [0.3, 0.4) is 0 Å². The molecule has 1 atom stereocenters. The number of fused-ring (bicyclic) bond motifs is 1. The van der Waals surface area contributed by atoms with E-state index < -0.39 is 23.5 Å². The van der Waals surface area contributed by atoms with Crippen molar-refractivity contribution >= 4 is 41.0 Å². The zero-order valence-electron chi connectivity index (χ0n) is 16.6. The predicted molar refractivity (Wildman–Crippen MR) is 115 cm³/mol. The summed E-state index contributed by atoms with van der Waals surface area (Å²) in [6.07, 6.45) is 0.962. The number of urea groups is 1. The first-order valence-electron chi connectivity index (χ1n) is 9.56. The van der Waals surface area contributed by atoms with Crippen LogP contribution < -0.4 is 16.4 Å². The number of rotatable bonds is 7. The second kappa shape index (κ2) is 9.24. The van der Waals surface area contributed by atoms with Crippen molar-refractivity contribution in [1.29, 1.82) is 0 Å². The normalized spacial score (nSPS) is 16.3. The number of hydrogen-bond donors (Lipinski definition) is 3. The van der Waals surface area contributed by atoms with E-state index in [1.54, 1.807) is 0 Å².